The van der Waals surface area contributed by atoms with Crippen molar-refractivity contribution in [1.29, 1.82) is 0 Å². The number of hydrogen-bond donors (Lipinski definition) is 0. The van der Waals surface area contributed by atoms with Crippen molar-refractivity contribution >= 4 is 5.69 Å². The summed E-state index contributed by atoms with van der Waals surface area (Å²) in [6, 6.07) is 31.3. The first kappa shape index (κ1) is 16.1. The van der Waals surface area contributed by atoms with Crippen LogP contribution in [0, 0.1) is 5.92 Å². The van der Waals surface area contributed by atoms with Crippen LogP contribution in [0.3, 0.4) is 0 Å². The maximum atomic E-state index is 2.43. The molecule has 0 aromatic heterocycles. The Balaban J connectivity index is 1.92. The lowest BCUT2D eigenvalue weighted by Crippen LogP contribution is -2.53. The van der Waals surface area contributed by atoms with Gasteiger partial charge < -0.3 is 4.90 Å². The summed E-state index contributed by atoms with van der Waals surface area (Å²) in [4.78, 5) is 2.43. The monoisotopic (exact) mass is 349 g/mol. The van der Waals surface area contributed by atoms with E-state index < -0.39 is 0 Å². The molecule has 0 saturated heterocycles. The van der Waals surface area contributed by atoms with Crippen LogP contribution in [0.15, 0.2) is 109 Å². The molecule has 5 rings (SSSR count). The first-order valence-electron chi connectivity index (χ1n) is 9.62. The maximum Gasteiger partial charge on any atom is 0.0557 e. The highest BCUT2D eigenvalue weighted by atomic mass is 15.2. The fraction of sp³-hybridized carbons (Fsp3) is 0.154. The average Bonchev–Trinajstić information content (AvgIpc) is 2.76. The molecule has 1 aliphatic heterocycles. The van der Waals surface area contributed by atoms with Crippen molar-refractivity contribution in [2.45, 2.75) is 11.5 Å². The van der Waals surface area contributed by atoms with Crippen LogP contribution in [0.1, 0.15) is 16.7 Å². The largest absolute Gasteiger partial charge is 0.367 e. The lowest BCUT2D eigenvalue weighted by atomic mass is 9.56. The summed E-state index contributed by atoms with van der Waals surface area (Å²) < 4.78 is 0. The van der Waals surface area contributed by atoms with Gasteiger partial charge in [0, 0.05) is 18.7 Å². The SMILES string of the molecule is CN1c2ccccc2C(c2ccccc2)(c2ccccc2)C2C=CC=CC21. The predicted octanol–water partition coefficient (Wildman–Crippen LogP) is 5.58. The fourth-order valence-corrected chi connectivity index (χ4v) is 5.09. The Morgan fingerprint density at radius 3 is 1.89 bits per heavy atom. The predicted molar refractivity (Wildman–Crippen MR) is 113 cm³/mol. The quantitative estimate of drug-likeness (QED) is 0.583. The van der Waals surface area contributed by atoms with E-state index in [0.717, 1.165) is 0 Å². The Hall–Kier alpha value is -3.06. The standard InChI is InChI=1S/C26H23N/c1-27-24-18-10-8-16-22(24)26(20-12-4-2-5-13-20,21-14-6-3-7-15-21)23-17-9-11-19-25(23)27/h2-19,22,24H,1H3. The number of allylic oxidation sites excluding steroid dienone is 2. The minimum Gasteiger partial charge on any atom is -0.367 e. The molecule has 0 saturated carbocycles. The van der Waals surface area contributed by atoms with Crippen molar-refractivity contribution < 1.29 is 0 Å². The second kappa shape index (κ2) is 6.28. The Labute approximate surface area is 161 Å². The van der Waals surface area contributed by atoms with Gasteiger partial charge in [-0.15, -0.1) is 0 Å². The number of likely N-dealkylation sites (N-methyl/N-ethyl adjacent to an activating group) is 1. The van der Waals surface area contributed by atoms with E-state index in [9.17, 15) is 0 Å². The van der Waals surface area contributed by atoms with Gasteiger partial charge in [-0.05, 0) is 22.8 Å². The summed E-state index contributed by atoms with van der Waals surface area (Å²) in [5.41, 5.74) is 5.19. The number of para-hydroxylation sites is 1. The van der Waals surface area contributed by atoms with Gasteiger partial charge in [-0.2, -0.15) is 0 Å². The molecule has 0 N–H and O–H groups in total. The van der Waals surface area contributed by atoms with E-state index in [1.807, 2.05) is 0 Å². The van der Waals surface area contributed by atoms with Gasteiger partial charge in [-0.25, -0.2) is 0 Å². The van der Waals surface area contributed by atoms with Crippen molar-refractivity contribution in [2.75, 3.05) is 11.9 Å². The van der Waals surface area contributed by atoms with Crippen LogP contribution >= 0.6 is 0 Å². The molecular weight excluding hydrogens is 326 g/mol. The van der Waals surface area contributed by atoms with Crippen LogP contribution in [-0.4, -0.2) is 13.1 Å². The molecule has 1 heterocycles. The van der Waals surface area contributed by atoms with Crippen molar-refractivity contribution in [3.63, 3.8) is 0 Å². The summed E-state index contributed by atoms with van der Waals surface area (Å²) in [5, 5.41) is 0. The Morgan fingerprint density at radius 2 is 1.22 bits per heavy atom. The molecule has 2 unspecified atom stereocenters. The third-order valence-corrected chi connectivity index (χ3v) is 6.22. The zero-order valence-electron chi connectivity index (χ0n) is 15.5. The molecule has 1 heteroatoms. The molecule has 0 bridgehead atoms. The fourth-order valence-electron chi connectivity index (χ4n) is 5.09. The van der Waals surface area contributed by atoms with E-state index in [1.54, 1.807) is 0 Å². The maximum absolute atomic E-state index is 2.43. The first-order chi connectivity index (χ1) is 13.3. The van der Waals surface area contributed by atoms with Crippen molar-refractivity contribution in [3.8, 4) is 0 Å². The molecule has 0 fully saturated rings. The summed E-state index contributed by atoms with van der Waals surface area (Å²) in [5.74, 6) is 0.326. The van der Waals surface area contributed by atoms with Crippen LogP contribution in [-0.2, 0) is 5.41 Å². The summed E-state index contributed by atoms with van der Waals surface area (Å²) in [7, 11) is 2.22. The van der Waals surface area contributed by atoms with Gasteiger partial charge in [0.25, 0.3) is 0 Å². The molecule has 2 aliphatic rings. The second-order valence-corrected chi connectivity index (χ2v) is 7.45. The summed E-state index contributed by atoms with van der Waals surface area (Å²) >= 11 is 0. The number of anilines is 1. The molecule has 0 amide bonds. The van der Waals surface area contributed by atoms with E-state index >= 15 is 0 Å². The number of hydrogen-bond acceptors (Lipinski definition) is 1. The molecule has 0 radical (unpaired) electrons. The Morgan fingerprint density at radius 1 is 0.667 bits per heavy atom. The van der Waals surface area contributed by atoms with Gasteiger partial charge in [-0.1, -0.05) is 103 Å². The van der Waals surface area contributed by atoms with Gasteiger partial charge in [0.05, 0.1) is 11.5 Å². The number of nitrogens with zero attached hydrogens (tertiary/aromatic N) is 1. The Bertz CT molecular complexity index is 961. The summed E-state index contributed by atoms with van der Waals surface area (Å²) in [6.45, 7) is 0. The van der Waals surface area contributed by atoms with E-state index in [0.29, 0.717) is 12.0 Å². The van der Waals surface area contributed by atoms with Crippen molar-refractivity contribution in [1.82, 2.24) is 0 Å². The molecule has 1 aliphatic carbocycles. The van der Waals surface area contributed by atoms with E-state index in [1.165, 1.54) is 22.4 Å². The zero-order valence-corrected chi connectivity index (χ0v) is 15.5. The topological polar surface area (TPSA) is 3.24 Å². The highest BCUT2D eigenvalue weighted by Crippen LogP contribution is 2.54. The van der Waals surface area contributed by atoms with Gasteiger partial charge in [-0.3, -0.25) is 0 Å². The van der Waals surface area contributed by atoms with Gasteiger partial charge in [0.2, 0.25) is 0 Å². The molecular formula is C26H23N. The highest BCUT2D eigenvalue weighted by molar-refractivity contribution is 5.69. The van der Waals surface area contributed by atoms with Gasteiger partial charge in [0.1, 0.15) is 0 Å². The van der Waals surface area contributed by atoms with Gasteiger partial charge >= 0.3 is 0 Å². The highest BCUT2D eigenvalue weighted by Gasteiger charge is 2.51. The van der Waals surface area contributed by atoms with Crippen molar-refractivity contribution in [3.05, 3.63) is 126 Å². The van der Waals surface area contributed by atoms with Crippen molar-refractivity contribution in [2.24, 2.45) is 5.92 Å². The van der Waals surface area contributed by atoms with Crippen LogP contribution in [0.5, 0.6) is 0 Å². The number of fused-ring (bicyclic) bond motifs is 2. The third-order valence-electron chi connectivity index (χ3n) is 6.22. The van der Waals surface area contributed by atoms with Crippen LogP contribution in [0.25, 0.3) is 0 Å². The normalized spacial score (nSPS) is 22.2. The summed E-state index contributed by atoms with van der Waals surface area (Å²) in [6.07, 6.45) is 9.15. The van der Waals surface area contributed by atoms with Crippen LogP contribution < -0.4 is 4.90 Å². The van der Waals surface area contributed by atoms with Gasteiger partial charge in [0.15, 0.2) is 0 Å². The molecule has 3 aromatic rings. The van der Waals surface area contributed by atoms with E-state index in [2.05, 4.69) is 121 Å². The Kier molecular flexibility index (Phi) is 3.75. The smallest absolute Gasteiger partial charge is 0.0557 e. The molecule has 3 aromatic carbocycles. The molecule has 27 heavy (non-hydrogen) atoms. The number of benzene rings is 3. The molecule has 1 nitrogen and oxygen atoms in total. The lowest BCUT2D eigenvalue weighted by Gasteiger charge is -2.53. The van der Waals surface area contributed by atoms with Crippen LogP contribution in [0.4, 0.5) is 5.69 Å². The van der Waals surface area contributed by atoms with E-state index in [4.69, 9.17) is 0 Å². The molecule has 2 atom stereocenters. The number of rotatable bonds is 2. The van der Waals surface area contributed by atoms with E-state index in [-0.39, 0.29) is 5.41 Å². The zero-order chi connectivity index (χ0) is 18.3. The third kappa shape index (κ3) is 2.24. The second-order valence-electron chi connectivity index (χ2n) is 7.45. The average molecular weight is 349 g/mol. The molecule has 0 spiro atoms. The molecule has 132 valence electrons. The van der Waals surface area contributed by atoms with Crippen LogP contribution in [0.2, 0.25) is 0 Å². The minimum atomic E-state index is -0.211. The first-order valence-corrected chi connectivity index (χ1v) is 9.62. The lowest BCUT2D eigenvalue weighted by molar-refractivity contribution is 0.378. The minimum absolute atomic E-state index is 0.211.